The maximum absolute atomic E-state index is 13.5. The summed E-state index contributed by atoms with van der Waals surface area (Å²) in [6.07, 6.45) is 1.26. The van der Waals surface area contributed by atoms with E-state index < -0.39 is 17.6 Å². The Balaban J connectivity index is 1.95. The third kappa shape index (κ3) is 3.08. The number of aryl methyl sites for hydroxylation is 1. The van der Waals surface area contributed by atoms with Gasteiger partial charge >= 0.3 is 5.97 Å². The van der Waals surface area contributed by atoms with Crippen LogP contribution in [0.2, 0.25) is 0 Å². The molecule has 1 aromatic carbocycles. The molecule has 106 valence electrons. The third-order valence-electron chi connectivity index (χ3n) is 2.66. The normalized spacial score (nSPS) is 10.6. The van der Waals surface area contributed by atoms with Crippen molar-refractivity contribution in [3.8, 4) is 0 Å². The molecule has 2 aromatic rings. The van der Waals surface area contributed by atoms with Crippen molar-refractivity contribution in [2.75, 3.05) is 11.9 Å². The molecule has 8 heteroatoms. The number of nitrogens with zero attached hydrogens (tertiary/aromatic N) is 3. The maximum atomic E-state index is 13.5. The van der Waals surface area contributed by atoms with Gasteiger partial charge in [0, 0.05) is 12.6 Å². The fourth-order valence-electron chi connectivity index (χ4n) is 1.59. The first-order valence-electron chi connectivity index (χ1n) is 5.80. The number of hydrogen-bond acceptors (Lipinski definition) is 4. The maximum Gasteiger partial charge on any atom is 0.358 e. The van der Waals surface area contributed by atoms with Gasteiger partial charge in [-0.2, -0.15) is 0 Å². The number of halogens is 2. The summed E-state index contributed by atoms with van der Waals surface area (Å²) in [5.41, 5.74) is 0.111. The van der Waals surface area contributed by atoms with Gasteiger partial charge in [-0.3, -0.25) is 0 Å². The number of carboxylic acid groups (broad SMARTS) is 1. The van der Waals surface area contributed by atoms with Gasteiger partial charge in [0.2, 0.25) is 0 Å². The molecule has 0 aliphatic rings. The van der Waals surface area contributed by atoms with Gasteiger partial charge in [0.1, 0.15) is 11.6 Å². The van der Waals surface area contributed by atoms with E-state index in [-0.39, 0.29) is 30.0 Å². The summed E-state index contributed by atoms with van der Waals surface area (Å²) in [4.78, 5) is 10.6. The van der Waals surface area contributed by atoms with Gasteiger partial charge in [-0.05, 0) is 18.6 Å². The van der Waals surface area contributed by atoms with Crippen molar-refractivity contribution in [2.45, 2.75) is 13.5 Å². The number of carbonyl (C=O) groups is 1. The molecule has 0 fully saturated rings. The zero-order valence-corrected chi connectivity index (χ0v) is 10.6. The molecule has 0 unspecified atom stereocenters. The minimum Gasteiger partial charge on any atom is -0.476 e. The molecule has 0 bridgehead atoms. The van der Waals surface area contributed by atoms with Crippen LogP contribution in [0.5, 0.6) is 0 Å². The molecule has 0 amide bonds. The second-order valence-corrected chi connectivity index (χ2v) is 4.18. The Morgan fingerprint density at radius 1 is 1.40 bits per heavy atom. The molecule has 0 radical (unpaired) electrons. The fourth-order valence-corrected chi connectivity index (χ4v) is 1.59. The standard InChI is InChI=1S/C12H12F2N4O2/c1-7-4-9(14)10(5-8(7)13)15-2-3-18-6-11(12(19)20)16-17-18/h4-6,15H,2-3H2,1H3,(H,19,20). The highest BCUT2D eigenvalue weighted by molar-refractivity contribution is 5.84. The van der Waals surface area contributed by atoms with Crippen molar-refractivity contribution in [1.82, 2.24) is 15.0 Å². The molecule has 1 heterocycles. The zero-order chi connectivity index (χ0) is 14.7. The van der Waals surface area contributed by atoms with Crippen LogP contribution >= 0.6 is 0 Å². The highest BCUT2D eigenvalue weighted by atomic mass is 19.1. The number of aromatic carboxylic acids is 1. The van der Waals surface area contributed by atoms with E-state index in [0.717, 1.165) is 12.1 Å². The van der Waals surface area contributed by atoms with E-state index in [0.29, 0.717) is 0 Å². The minimum atomic E-state index is -1.17. The van der Waals surface area contributed by atoms with E-state index in [9.17, 15) is 13.6 Å². The zero-order valence-electron chi connectivity index (χ0n) is 10.6. The first-order chi connectivity index (χ1) is 9.47. The Hall–Kier alpha value is -2.51. The van der Waals surface area contributed by atoms with Gasteiger partial charge in [0.15, 0.2) is 5.69 Å². The monoisotopic (exact) mass is 282 g/mol. The average Bonchev–Trinajstić information content (AvgIpc) is 2.84. The number of hydrogen-bond donors (Lipinski definition) is 2. The van der Waals surface area contributed by atoms with Gasteiger partial charge in [-0.1, -0.05) is 5.21 Å². The fraction of sp³-hybridized carbons (Fsp3) is 0.250. The molecule has 0 atom stereocenters. The number of anilines is 1. The van der Waals surface area contributed by atoms with Crippen molar-refractivity contribution in [3.05, 3.63) is 41.2 Å². The quantitative estimate of drug-likeness (QED) is 0.872. The van der Waals surface area contributed by atoms with Crippen LogP contribution in [0.15, 0.2) is 18.3 Å². The smallest absolute Gasteiger partial charge is 0.358 e. The lowest BCUT2D eigenvalue weighted by atomic mass is 10.2. The van der Waals surface area contributed by atoms with Crippen molar-refractivity contribution in [3.63, 3.8) is 0 Å². The number of benzene rings is 1. The molecule has 0 aliphatic carbocycles. The van der Waals surface area contributed by atoms with Crippen LogP contribution in [-0.2, 0) is 6.54 Å². The summed E-state index contributed by atoms with van der Waals surface area (Å²) in [5.74, 6) is -2.22. The van der Waals surface area contributed by atoms with E-state index >= 15 is 0 Å². The summed E-state index contributed by atoms with van der Waals surface area (Å²) >= 11 is 0. The van der Waals surface area contributed by atoms with E-state index in [2.05, 4.69) is 15.6 Å². The lowest BCUT2D eigenvalue weighted by Gasteiger charge is -2.08. The van der Waals surface area contributed by atoms with E-state index in [1.807, 2.05) is 0 Å². The van der Waals surface area contributed by atoms with E-state index in [1.54, 1.807) is 0 Å². The number of carboxylic acids is 1. The van der Waals surface area contributed by atoms with Crippen LogP contribution < -0.4 is 5.32 Å². The Labute approximate surface area is 113 Å². The predicted octanol–water partition coefficient (Wildman–Crippen LogP) is 1.68. The summed E-state index contributed by atoms with van der Waals surface area (Å²) in [6, 6.07) is 2.18. The van der Waals surface area contributed by atoms with Crippen LogP contribution in [-0.4, -0.2) is 32.6 Å². The Morgan fingerprint density at radius 3 is 2.80 bits per heavy atom. The van der Waals surface area contributed by atoms with Crippen molar-refractivity contribution in [2.24, 2.45) is 0 Å². The molecule has 0 aliphatic heterocycles. The van der Waals surface area contributed by atoms with Gasteiger partial charge in [0.05, 0.1) is 18.4 Å². The highest BCUT2D eigenvalue weighted by Crippen LogP contribution is 2.18. The van der Waals surface area contributed by atoms with Gasteiger partial charge in [-0.15, -0.1) is 5.10 Å². The molecule has 20 heavy (non-hydrogen) atoms. The first-order valence-corrected chi connectivity index (χ1v) is 5.80. The summed E-state index contributed by atoms with van der Waals surface area (Å²) in [6.45, 7) is 2.00. The lowest BCUT2D eigenvalue weighted by Crippen LogP contribution is -2.12. The Bertz CT molecular complexity index is 642. The number of nitrogens with one attached hydrogen (secondary N) is 1. The molecular formula is C12H12F2N4O2. The van der Waals surface area contributed by atoms with Crippen LogP contribution in [0.25, 0.3) is 0 Å². The SMILES string of the molecule is Cc1cc(F)c(NCCn2cc(C(=O)O)nn2)cc1F. The van der Waals surface area contributed by atoms with Gasteiger partial charge in [-0.25, -0.2) is 18.3 Å². The third-order valence-corrected chi connectivity index (χ3v) is 2.66. The molecule has 0 spiro atoms. The minimum absolute atomic E-state index is 0.0478. The Morgan fingerprint density at radius 2 is 2.15 bits per heavy atom. The van der Waals surface area contributed by atoms with Crippen LogP contribution in [0.3, 0.4) is 0 Å². The van der Waals surface area contributed by atoms with Crippen LogP contribution in [0, 0.1) is 18.6 Å². The van der Waals surface area contributed by atoms with Crippen LogP contribution in [0.1, 0.15) is 16.1 Å². The lowest BCUT2D eigenvalue weighted by molar-refractivity contribution is 0.0690. The summed E-state index contributed by atoms with van der Waals surface area (Å²) in [7, 11) is 0. The molecule has 1 aromatic heterocycles. The van der Waals surface area contributed by atoms with Gasteiger partial charge in [0.25, 0.3) is 0 Å². The second kappa shape index (κ2) is 5.64. The topological polar surface area (TPSA) is 80.0 Å². The highest BCUT2D eigenvalue weighted by Gasteiger charge is 2.09. The summed E-state index contributed by atoms with van der Waals surface area (Å²) < 4.78 is 28.1. The van der Waals surface area contributed by atoms with E-state index in [4.69, 9.17) is 5.11 Å². The molecule has 0 saturated carbocycles. The van der Waals surface area contributed by atoms with E-state index in [1.165, 1.54) is 17.8 Å². The largest absolute Gasteiger partial charge is 0.476 e. The van der Waals surface area contributed by atoms with Crippen molar-refractivity contribution < 1.29 is 18.7 Å². The molecule has 2 N–H and O–H groups in total. The predicted molar refractivity (Wildman–Crippen MR) is 66.6 cm³/mol. The Kier molecular flexibility index (Phi) is 3.92. The first kappa shape index (κ1) is 13.9. The molecule has 6 nitrogen and oxygen atoms in total. The number of aromatic nitrogens is 3. The average molecular weight is 282 g/mol. The molecule has 0 saturated heterocycles. The van der Waals surface area contributed by atoms with Crippen LogP contribution in [0.4, 0.5) is 14.5 Å². The molecule has 2 rings (SSSR count). The summed E-state index contributed by atoms with van der Waals surface area (Å²) in [5, 5.41) is 18.4. The van der Waals surface area contributed by atoms with Gasteiger partial charge < -0.3 is 10.4 Å². The van der Waals surface area contributed by atoms with Crippen molar-refractivity contribution >= 4 is 11.7 Å². The van der Waals surface area contributed by atoms with Crippen molar-refractivity contribution in [1.29, 1.82) is 0 Å². The second-order valence-electron chi connectivity index (χ2n) is 4.18. The molecular weight excluding hydrogens is 270 g/mol. The number of rotatable bonds is 5.